The number of carbonyl (C=O) groups is 1. The predicted octanol–water partition coefficient (Wildman–Crippen LogP) is 2.64. The summed E-state index contributed by atoms with van der Waals surface area (Å²) >= 11 is 3.32. The number of carbonyl (C=O) groups excluding carboxylic acids is 1. The van der Waals surface area contributed by atoms with Gasteiger partial charge in [0.05, 0.1) is 0 Å². The highest BCUT2D eigenvalue weighted by atomic mass is 79.9. The molecule has 1 amide bonds. The van der Waals surface area contributed by atoms with E-state index in [-0.39, 0.29) is 11.3 Å². The van der Waals surface area contributed by atoms with Gasteiger partial charge in [0, 0.05) is 30.9 Å². The molecule has 0 aliphatic rings. The van der Waals surface area contributed by atoms with Crippen molar-refractivity contribution in [3.8, 4) is 0 Å². The Morgan fingerprint density at radius 3 is 2.89 bits per heavy atom. The molecule has 4 nitrogen and oxygen atoms in total. The third-order valence-electron chi connectivity index (χ3n) is 2.68. The lowest BCUT2D eigenvalue weighted by Gasteiger charge is -2.24. The third kappa shape index (κ3) is 4.74. The van der Waals surface area contributed by atoms with Gasteiger partial charge in [0.2, 0.25) is 0 Å². The van der Waals surface area contributed by atoms with E-state index >= 15 is 0 Å². The van der Waals surface area contributed by atoms with Crippen molar-refractivity contribution in [2.45, 2.75) is 20.3 Å². The summed E-state index contributed by atoms with van der Waals surface area (Å²) in [7, 11) is 1.68. The molecule has 0 aliphatic carbocycles. The molecule has 5 heteroatoms. The minimum Gasteiger partial charge on any atom is -0.385 e. The molecular weight excluding hydrogens is 296 g/mol. The highest BCUT2D eigenvalue weighted by Gasteiger charge is 2.20. The molecule has 0 radical (unpaired) electrons. The number of hydrogen-bond donors (Lipinski definition) is 1. The molecule has 0 saturated heterocycles. The van der Waals surface area contributed by atoms with Crippen molar-refractivity contribution in [3.05, 3.63) is 28.5 Å². The molecule has 1 aromatic heterocycles. The maximum absolute atomic E-state index is 12.0. The number of rotatable bonds is 6. The van der Waals surface area contributed by atoms with Crippen molar-refractivity contribution in [1.82, 2.24) is 10.3 Å². The largest absolute Gasteiger partial charge is 0.385 e. The van der Waals surface area contributed by atoms with E-state index in [9.17, 15) is 4.79 Å². The van der Waals surface area contributed by atoms with Crippen LogP contribution in [-0.2, 0) is 4.74 Å². The van der Waals surface area contributed by atoms with Gasteiger partial charge in [-0.15, -0.1) is 0 Å². The van der Waals surface area contributed by atoms with Crippen molar-refractivity contribution in [2.75, 3.05) is 20.3 Å². The van der Waals surface area contributed by atoms with Crippen molar-refractivity contribution < 1.29 is 9.53 Å². The molecule has 18 heavy (non-hydrogen) atoms. The molecule has 1 aromatic rings. The van der Waals surface area contributed by atoms with Crippen LogP contribution in [0.15, 0.2) is 22.8 Å². The van der Waals surface area contributed by atoms with E-state index in [1.54, 1.807) is 25.4 Å². The van der Waals surface area contributed by atoms with E-state index in [0.29, 0.717) is 23.3 Å². The van der Waals surface area contributed by atoms with Gasteiger partial charge in [0.25, 0.3) is 5.91 Å². The fraction of sp³-hybridized carbons (Fsp3) is 0.538. The highest BCUT2D eigenvalue weighted by Crippen LogP contribution is 2.19. The Kier molecular flexibility index (Phi) is 5.75. The van der Waals surface area contributed by atoms with Gasteiger partial charge in [0.15, 0.2) is 0 Å². The first-order chi connectivity index (χ1) is 8.46. The number of nitrogens with one attached hydrogen (secondary N) is 1. The summed E-state index contributed by atoms with van der Waals surface area (Å²) in [6.07, 6.45) is 2.50. The standard InChI is InChI=1S/C13H19BrN2O2/c1-13(2,6-8-18-3)9-16-12(17)11-10(14)5-4-7-15-11/h4-5,7H,6,8-9H2,1-3H3,(H,16,17). The van der Waals surface area contributed by atoms with E-state index < -0.39 is 0 Å². The lowest BCUT2D eigenvalue weighted by Crippen LogP contribution is -2.35. The van der Waals surface area contributed by atoms with Crippen molar-refractivity contribution in [2.24, 2.45) is 5.41 Å². The molecule has 100 valence electrons. The van der Waals surface area contributed by atoms with Crippen LogP contribution >= 0.6 is 15.9 Å². The normalized spacial score (nSPS) is 11.3. The number of hydrogen-bond acceptors (Lipinski definition) is 3. The lowest BCUT2D eigenvalue weighted by molar-refractivity contribution is 0.0915. The van der Waals surface area contributed by atoms with Gasteiger partial charge in [-0.2, -0.15) is 0 Å². The fourth-order valence-electron chi connectivity index (χ4n) is 1.42. The second kappa shape index (κ2) is 6.85. The predicted molar refractivity (Wildman–Crippen MR) is 74.5 cm³/mol. The van der Waals surface area contributed by atoms with Crippen LogP contribution in [-0.4, -0.2) is 31.2 Å². The molecular formula is C13H19BrN2O2. The number of amides is 1. The van der Waals surface area contributed by atoms with Gasteiger partial charge in [-0.3, -0.25) is 4.79 Å². The maximum atomic E-state index is 12.0. The van der Waals surface area contributed by atoms with E-state index in [2.05, 4.69) is 40.1 Å². The lowest BCUT2D eigenvalue weighted by atomic mass is 9.89. The monoisotopic (exact) mass is 314 g/mol. The van der Waals surface area contributed by atoms with Crippen LogP contribution in [0.25, 0.3) is 0 Å². The number of methoxy groups -OCH3 is 1. The zero-order chi connectivity index (χ0) is 13.6. The Bertz CT molecular complexity index is 408. The average molecular weight is 315 g/mol. The first-order valence-electron chi connectivity index (χ1n) is 5.84. The summed E-state index contributed by atoms with van der Waals surface area (Å²) in [5, 5.41) is 2.90. The quantitative estimate of drug-likeness (QED) is 0.878. The van der Waals surface area contributed by atoms with E-state index in [0.717, 1.165) is 6.42 Å². The van der Waals surface area contributed by atoms with E-state index in [1.807, 2.05) is 0 Å². The van der Waals surface area contributed by atoms with Gasteiger partial charge in [-0.25, -0.2) is 4.98 Å². The minimum atomic E-state index is -0.159. The zero-order valence-electron chi connectivity index (χ0n) is 11.0. The van der Waals surface area contributed by atoms with E-state index in [1.165, 1.54) is 0 Å². The molecule has 1 heterocycles. The number of pyridine rings is 1. The number of aromatic nitrogens is 1. The maximum Gasteiger partial charge on any atom is 0.271 e. The molecule has 0 aliphatic heterocycles. The van der Waals surface area contributed by atoms with Crippen LogP contribution < -0.4 is 5.32 Å². The summed E-state index contributed by atoms with van der Waals surface area (Å²) in [6, 6.07) is 3.58. The second-order valence-corrected chi connectivity index (χ2v) is 5.78. The highest BCUT2D eigenvalue weighted by molar-refractivity contribution is 9.10. The topological polar surface area (TPSA) is 51.2 Å². The SMILES string of the molecule is COCCC(C)(C)CNC(=O)c1ncccc1Br. The van der Waals surface area contributed by atoms with Crippen LogP contribution in [0, 0.1) is 5.41 Å². The summed E-state index contributed by atoms with van der Waals surface area (Å²) in [4.78, 5) is 16.0. The van der Waals surface area contributed by atoms with Gasteiger partial charge in [-0.05, 0) is 39.9 Å². The van der Waals surface area contributed by atoms with Gasteiger partial charge < -0.3 is 10.1 Å². The molecule has 0 atom stereocenters. The summed E-state index contributed by atoms with van der Waals surface area (Å²) in [6.45, 7) is 5.48. The van der Waals surface area contributed by atoms with Crippen LogP contribution in [0.5, 0.6) is 0 Å². The molecule has 0 saturated carbocycles. The third-order valence-corrected chi connectivity index (χ3v) is 3.32. The number of halogens is 1. The number of nitrogens with zero attached hydrogens (tertiary/aromatic N) is 1. The summed E-state index contributed by atoms with van der Waals surface area (Å²) < 4.78 is 5.76. The average Bonchev–Trinajstić information content (AvgIpc) is 2.34. The molecule has 0 unspecified atom stereocenters. The molecule has 1 N–H and O–H groups in total. The number of ether oxygens (including phenoxy) is 1. The molecule has 0 bridgehead atoms. The van der Waals surface area contributed by atoms with E-state index in [4.69, 9.17) is 4.74 Å². The first-order valence-corrected chi connectivity index (χ1v) is 6.63. The fourth-order valence-corrected chi connectivity index (χ4v) is 1.86. The molecule has 0 aromatic carbocycles. The van der Waals surface area contributed by atoms with Crippen LogP contribution in [0.4, 0.5) is 0 Å². The van der Waals surface area contributed by atoms with Gasteiger partial charge in [0.1, 0.15) is 5.69 Å². The Morgan fingerprint density at radius 1 is 1.56 bits per heavy atom. The van der Waals surface area contributed by atoms with Crippen molar-refractivity contribution in [3.63, 3.8) is 0 Å². The summed E-state index contributed by atoms with van der Waals surface area (Å²) in [5.41, 5.74) is 0.424. The Balaban J connectivity index is 2.54. The van der Waals surface area contributed by atoms with Crippen LogP contribution in [0.3, 0.4) is 0 Å². The molecule has 0 fully saturated rings. The van der Waals surface area contributed by atoms with Gasteiger partial charge >= 0.3 is 0 Å². The van der Waals surface area contributed by atoms with Crippen molar-refractivity contribution in [1.29, 1.82) is 0 Å². The molecule has 1 rings (SSSR count). The van der Waals surface area contributed by atoms with Crippen molar-refractivity contribution >= 4 is 21.8 Å². The smallest absolute Gasteiger partial charge is 0.271 e. The first kappa shape index (κ1) is 15.1. The Hall–Kier alpha value is -0.940. The Morgan fingerprint density at radius 2 is 2.28 bits per heavy atom. The van der Waals surface area contributed by atoms with Crippen LogP contribution in [0.1, 0.15) is 30.8 Å². The minimum absolute atomic E-state index is 0.00687. The Labute approximate surface area is 116 Å². The van der Waals surface area contributed by atoms with Crippen LogP contribution in [0.2, 0.25) is 0 Å². The molecule has 0 spiro atoms. The summed E-state index contributed by atoms with van der Waals surface area (Å²) in [5.74, 6) is -0.159. The van der Waals surface area contributed by atoms with Gasteiger partial charge in [-0.1, -0.05) is 13.8 Å². The second-order valence-electron chi connectivity index (χ2n) is 4.92. The zero-order valence-corrected chi connectivity index (χ0v) is 12.6.